The zero-order valence-corrected chi connectivity index (χ0v) is 11.7. The molecule has 0 unspecified atom stereocenters. The molecule has 0 radical (unpaired) electrons. The maximum absolute atomic E-state index is 4.69. The number of hydrogen-bond acceptors (Lipinski definition) is 3. The lowest BCUT2D eigenvalue weighted by Gasteiger charge is -2.25. The first kappa shape index (κ1) is 11.4. The minimum absolute atomic E-state index is 1.06. The van der Waals surface area contributed by atoms with E-state index in [-0.39, 0.29) is 0 Å². The van der Waals surface area contributed by atoms with E-state index < -0.39 is 0 Å². The second-order valence-corrected chi connectivity index (χ2v) is 6.12. The fourth-order valence-corrected chi connectivity index (χ4v) is 3.88. The number of benzene rings is 1. The number of thiazole rings is 1. The molecule has 1 aromatic carbocycles. The first-order valence-corrected chi connectivity index (χ1v) is 7.86. The number of imidazole rings is 1. The fourth-order valence-electron chi connectivity index (χ4n) is 2.99. The number of rotatable bonds is 2. The van der Waals surface area contributed by atoms with Crippen LogP contribution in [0.15, 0.2) is 29.6 Å². The second-order valence-electron chi connectivity index (χ2n) is 5.28. The third-order valence-corrected chi connectivity index (χ3v) is 4.83. The van der Waals surface area contributed by atoms with E-state index in [0.717, 1.165) is 17.0 Å². The van der Waals surface area contributed by atoms with E-state index in [1.54, 1.807) is 11.3 Å². The third-order valence-electron chi connectivity index (χ3n) is 3.95. The highest BCUT2D eigenvalue weighted by Crippen LogP contribution is 2.25. The summed E-state index contributed by atoms with van der Waals surface area (Å²) in [6, 6.07) is 8.42. The molecule has 0 saturated carbocycles. The molecule has 0 aliphatic carbocycles. The van der Waals surface area contributed by atoms with Crippen molar-refractivity contribution < 1.29 is 0 Å². The zero-order chi connectivity index (χ0) is 12.7. The number of piperidine rings is 1. The molecule has 0 N–H and O–H groups in total. The van der Waals surface area contributed by atoms with Gasteiger partial charge in [0, 0.05) is 17.6 Å². The summed E-state index contributed by atoms with van der Waals surface area (Å²) in [5.74, 6) is 0. The number of hydrogen-bond donors (Lipinski definition) is 0. The Kier molecular flexibility index (Phi) is 2.78. The van der Waals surface area contributed by atoms with Gasteiger partial charge in [0.05, 0.1) is 11.0 Å². The van der Waals surface area contributed by atoms with E-state index in [2.05, 4.69) is 38.9 Å². The summed E-state index contributed by atoms with van der Waals surface area (Å²) in [7, 11) is 0. The fraction of sp³-hybridized carbons (Fsp3) is 0.400. The third kappa shape index (κ3) is 1.95. The molecule has 4 heteroatoms. The van der Waals surface area contributed by atoms with Gasteiger partial charge in [-0.2, -0.15) is 0 Å². The summed E-state index contributed by atoms with van der Waals surface area (Å²) in [4.78, 5) is 8.38. The molecule has 0 atom stereocenters. The standard InChI is InChI=1S/C15H17N3S/c1-4-8-17(9-5-1)10-12-11-19-15-16-13-6-2-3-7-14(13)18(12)15/h2-3,6-7,11H,1,4-5,8-10H2. The van der Waals surface area contributed by atoms with Crippen LogP contribution in [-0.2, 0) is 6.54 Å². The maximum Gasteiger partial charge on any atom is 0.194 e. The van der Waals surface area contributed by atoms with Crippen LogP contribution in [0.5, 0.6) is 0 Å². The average molecular weight is 271 g/mol. The Morgan fingerprint density at radius 3 is 2.84 bits per heavy atom. The van der Waals surface area contributed by atoms with Gasteiger partial charge in [0.1, 0.15) is 0 Å². The SMILES string of the molecule is c1ccc2c(c1)nc1scc(CN3CCCCC3)n12. The molecule has 3 heterocycles. The van der Waals surface area contributed by atoms with Crippen molar-refractivity contribution in [3.8, 4) is 0 Å². The molecule has 1 saturated heterocycles. The quantitative estimate of drug-likeness (QED) is 0.710. The van der Waals surface area contributed by atoms with E-state index in [4.69, 9.17) is 4.98 Å². The molecule has 0 bridgehead atoms. The molecule has 0 amide bonds. The number of likely N-dealkylation sites (tertiary alicyclic amines) is 1. The van der Waals surface area contributed by atoms with Gasteiger partial charge in [0.25, 0.3) is 0 Å². The topological polar surface area (TPSA) is 20.5 Å². The summed E-state index contributed by atoms with van der Waals surface area (Å²) in [6.07, 6.45) is 4.08. The van der Waals surface area contributed by atoms with Crippen molar-refractivity contribution in [3.63, 3.8) is 0 Å². The molecule has 1 fully saturated rings. The Labute approximate surface area is 116 Å². The van der Waals surface area contributed by atoms with E-state index in [0.29, 0.717) is 0 Å². The minimum atomic E-state index is 1.06. The van der Waals surface area contributed by atoms with Crippen molar-refractivity contribution in [1.82, 2.24) is 14.3 Å². The molecule has 3 nitrogen and oxygen atoms in total. The Morgan fingerprint density at radius 2 is 1.95 bits per heavy atom. The van der Waals surface area contributed by atoms with Gasteiger partial charge in [-0.25, -0.2) is 4.98 Å². The summed E-state index contributed by atoms with van der Waals surface area (Å²) in [6.45, 7) is 3.54. The van der Waals surface area contributed by atoms with Gasteiger partial charge in [-0.3, -0.25) is 9.30 Å². The highest BCUT2D eigenvalue weighted by atomic mass is 32.1. The Morgan fingerprint density at radius 1 is 1.11 bits per heavy atom. The summed E-state index contributed by atoms with van der Waals surface area (Å²) in [5.41, 5.74) is 3.73. The number of aromatic nitrogens is 2. The molecule has 2 aromatic heterocycles. The van der Waals surface area contributed by atoms with Crippen molar-refractivity contribution >= 4 is 27.3 Å². The maximum atomic E-state index is 4.69. The van der Waals surface area contributed by atoms with Crippen LogP contribution < -0.4 is 0 Å². The van der Waals surface area contributed by atoms with Crippen LogP contribution in [0.3, 0.4) is 0 Å². The molecule has 1 aliphatic heterocycles. The summed E-state index contributed by atoms with van der Waals surface area (Å²) in [5, 5.41) is 2.27. The van der Waals surface area contributed by atoms with E-state index in [1.165, 1.54) is 43.6 Å². The summed E-state index contributed by atoms with van der Waals surface area (Å²) < 4.78 is 2.33. The van der Waals surface area contributed by atoms with Crippen molar-refractivity contribution in [1.29, 1.82) is 0 Å². The molecular weight excluding hydrogens is 254 g/mol. The Hall–Kier alpha value is -1.39. The number of para-hydroxylation sites is 2. The largest absolute Gasteiger partial charge is 0.298 e. The molecule has 98 valence electrons. The molecule has 4 rings (SSSR count). The van der Waals surface area contributed by atoms with Crippen LogP contribution in [0.25, 0.3) is 16.0 Å². The van der Waals surface area contributed by atoms with Crippen molar-refractivity contribution in [2.45, 2.75) is 25.8 Å². The lowest BCUT2D eigenvalue weighted by molar-refractivity contribution is 0.218. The van der Waals surface area contributed by atoms with Gasteiger partial charge >= 0.3 is 0 Å². The molecular formula is C15H17N3S. The van der Waals surface area contributed by atoms with Crippen LogP contribution in [0.2, 0.25) is 0 Å². The minimum Gasteiger partial charge on any atom is -0.298 e. The smallest absolute Gasteiger partial charge is 0.194 e. The van der Waals surface area contributed by atoms with Crippen LogP contribution in [0.4, 0.5) is 0 Å². The van der Waals surface area contributed by atoms with Gasteiger partial charge in [0.15, 0.2) is 4.96 Å². The lowest BCUT2D eigenvalue weighted by atomic mass is 10.1. The Balaban J connectivity index is 1.76. The lowest BCUT2D eigenvalue weighted by Crippen LogP contribution is -2.29. The zero-order valence-electron chi connectivity index (χ0n) is 10.9. The molecule has 19 heavy (non-hydrogen) atoms. The average Bonchev–Trinajstić information content (AvgIpc) is 3.00. The first-order chi connectivity index (χ1) is 9.42. The Bertz CT molecular complexity index is 706. The predicted octanol–water partition coefficient (Wildman–Crippen LogP) is 3.53. The van der Waals surface area contributed by atoms with Crippen molar-refractivity contribution in [2.75, 3.05) is 13.1 Å². The normalized spacial score (nSPS) is 17.5. The van der Waals surface area contributed by atoms with Crippen LogP contribution in [0, 0.1) is 0 Å². The first-order valence-electron chi connectivity index (χ1n) is 6.98. The van der Waals surface area contributed by atoms with Crippen molar-refractivity contribution in [2.24, 2.45) is 0 Å². The molecule has 1 aliphatic rings. The van der Waals surface area contributed by atoms with Crippen LogP contribution in [0.1, 0.15) is 25.0 Å². The molecule has 0 spiro atoms. The van der Waals surface area contributed by atoms with Gasteiger partial charge in [-0.05, 0) is 38.1 Å². The summed E-state index contributed by atoms with van der Waals surface area (Å²) >= 11 is 1.75. The highest BCUT2D eigenvalue weighted by molar-refractivity contribution is 7.15. The monoisotopic (exact) mass is 271 g/mol. The number of nitrogens with zero attached hydrogens (tertiary/aromatic N) is 3. The van der Waals surface area contributed by atoms with Gasteiger partial charge in [0.2, 0.25) is 0 Å². The van der Waals surface area contributed by atoms with Gasteiger partial charge < -0.3 is 0 Å². The van der Waals surface area contributed by atoms with Crippen molar-refractivity contribution in [3.05, 3.63) is 35.3 Å². The van der Waals surface area contributed by atoms with Gasteiger partial charge in [-0.15, -0.1) is 11.3 Å². The molecule has 3 aromatic rings. The van der Waals surface area contributed by atoms with E-state index >= 15 is 0 Å². The predicted molar refractivity (Wildman–Crippen MR) is 79.7 cm³/mol. The van der Waals surface area contributed by atoms with Crippen LogP contribution >= 0.6 is 11.3 Å². The van der Waals surface area contributed by atoms with Gasteiger partial charge in [-0.1, -0.05) is 18.6 Å². The number of fused-ring (bicyclic) bond motifs is 3. The van der Waals surface area contributed by atoms with E-state index in [1.807, 2.05) is 0 Å². The highest BCUT2D eigenvalue weighted by Gasteiger charge is 2.15. The van der Waals surface area contributed by atoms with Crippen LogP contribution in [-0.4, -0.2) is 27.4 Å². The second kappa shape index (κ2) is 4.62. The van der Waals surface area contributed by atoms with E-state index in [9.17, 15) is 0 Å².